The van der Waals surface area contributed by atoms with Crippen molar-refractivity contribution in [2.24, 2.45) is 5.92 Å². The summed E-state index contributed by atoms with van der Waals surface area (Å²) >= 11 is 0. The van der Waals surface area contributed by atoms with Crippen LogP contribution in [0.15, 0.2) is 12.4 Å². The molecule has 0 N–H and O–H groups in total. The van der Waals surface area contributed by atoms with Gasteiger partial charge in [-0.2, -0.15) is 0 Å². The largest absolute Gasteiger partial charge is 0.444 e. The van der Waals surface area contributed by atoms with Crippen LogP contribution in [-0.2, 0) is 20.7 Å². The predicted molar refractivity (Wildman–Crippen MR) is 90.2 cm³/mol. The Morgan fingerprint density at radius 3 is 2.64 bits per heavy atom. The van der Waals surface area contributed by atoms with Crippen molar-refractivity contribution < 1.29 is 19.1 Å². The second kappa shape index (κ2) is 7.77. The van der Waals surface area contributed by atoms with E-state index in [1.807, 2.05) is 11.8 Å². The molecule has 2 saturated heterocycles. The summed E-state index contributed by atoms with van der Waals surface area (Å²) in [5, 5.41) is 0. The lowest BCUT2D eigenvalue weighted by Gasteiger charge is -2.31. The summed E-state index contributed by atoms with van der Waals surface area (Å²) in [6.07, 6.45) is 5.60. The molecule has 8 heteroatoms. The number of carbonyl (C=O) groups is 2. The van der Waals surface area contributed by atoms with E-state index in [2.05, 4.69) is 9.97 Å². The summed E-state index contributed by atoms with van der Waals surface area (Å²) in [7, 11) is 1.54. The lowest BCUT2D eigenvalue weighted by atomic mass is 9.92. The van der Waals surface area contributed by atoms with Crippen LogP contribution >= 0.6 is 0 Å². The smallest absolute Gasteiger partial charge is 0.415 e. The minimum absolute atomic E-state index is 0.0526. The molecule has 8 nitrogen and oxygen atoms in total. The van der Waals surface area contributed by atoms with Crippen molar-refractivity contribution in [3.05, 3.63) is 18.1 Å². The van der Waals surface area contributed by atoms with E-state index in [1.165, 1.54) is 12.0 Å². The molecule has 1 aromatic rings. The zero-order valence-corrected chi connectivity index (χ0v) is 14.7. The van der Waals surface area contributed by atoms with Gasteiger partial charge in [-0.15, -0.1) is 0 Å². The number of cyclic esters (lactones) is 1. The summed E-state index contributed by atoms with van der Waals surface area (Å²) in [5.41, 5.74) is 0.908. The van der Waals surface area contributed by atoms with Gasteiger partial charge in [0, 0.05) is 20.2 Å². The van der Waals surface area contributed by atoms with Gasteiger partial charge in [-0.05, 0) is 32.1 Å². The molecule has 0 aliphatic carbocycles. The average Bonchev–Trinajstić information content (AvgIpc) is 2.95. The van der Waals surface area contributed by atoms with Crippen LogP contribution < -0.4 is 4.90 Å². The number of anilines is 1. The maximum Gasteiger partial charge on any atom is 0.415 e. The third-order valence-corrected chi connectivity index (χ3v) is 4.66. The topological polar surface area (TPSA) is 84.9 Å². The van der Waals surface area contributed by atoms with Gasteiger partial charge < -0.3 is 14.4 Å². The molecule has 3 heterocycles. The summed E-state index contributed by atoms with van der Waals surface area (Å²) in [4.78, 5) is 35.7. The van der Waals surface area contributed by atoms with Gasteiger partial charge in [-0.1, -0.05) is 0 Å². The van der Waals surface area contributed by atoms with E-state index in [9.17, 15) is 9.59 Å². The number of piperidine rings is 1. The fraction of sp³-hybridized carbons (Fsp3) is 0.647. The molecule has 2 fully saturated rings. The first-order valence-electron chi connectivity index (χ1n) is 8.62. The molecule has 2 aliphatic rings. The van der Waals surface area contributed by atoms with Crippen molar-refractivity contribution in [2.45, 2.75) is 32.3 Å². The summed E-state index contributed by atoms with van der Waals surface area (Å²) in [6, 6.07) is 0. The van der Waals surface area contributed by atoms with Gasteiger partial charge in [0.15, 0.2) is 5.82 Å². The molecule has 2 aliphatic heterocycles. The number of nitrogens with zero attached hydrogens (tertiary/aromatic N) is 4. The lowest BCUT2D eigenvalue weighted by molar-refractivity contribution is -0.136. The lowest BCUT2D eigenvalue weighted by Crippen LogP contribution is -2.40. The fourth-order valence-corrected chi connectivity index (χ4v) is 3.28. The van der Waals surface area contributed by atoms with Gasteiger partial charge in [0.2, 0.25) is 5.91 Å². The maximum atomic E-state index is 11.8. The van der Waals surface area contributed by atoms with Crippen molar-refractivity contribution >= 4 is 17.8 Å². The average molecular weight is 348 g/mol. The Labute approximate surface area is 147 Å². The SMILES string of the molecule is COCC(=O)N1CCC(Cc2cnc(N3CC(C)OC3=O)cn2)CC1. The first-order valence-corrected chi connectivity index (χ1v) is 8.62. The monoisotopic (exact) mass is 348 g/mol. The first kappa shape index (κ1) is 17.6. The van der Waals surface area contributed by atoms with Crippen molar-refractivity contribution in [2.75, 3.05) is 38.3 Å². The van der Waals surface area contributed by atoms with Gasteiger partial charge >= 0.3 is 6.09 Å². The van der Waals surface area contributed by atoms with Crippen molar-refractivity contribution in [3.8, 4) is 0 Å². The normalized spacial score (nSPS) is 21.5. The van der Waals surface area contributed by atoms with Gasteiger partial charge in [0.25, 0.3) is 0 Å². The number of aromatic nitrogens is 2. The van der Waals surface area contributed by atoms with Crippen LogP contribution in [0.5, 0.6) is 0 Å². The zero-order chi connectivity index (χ0) is 17.8. The van der Waals surface area contributed by atoms with Gasteiger partial charge in [-0.25, -0.2) is 9.78 Å². The molecule has 0 aromatic carbocycles. The van der Waals surface area contributed by atoms with Crippen molar-refractivity contribution in [1.82, 2.24) is 14.9 Å². The number of likely N-dealkylation sites (tertiary alicyclic amines) is 1. The molecule has 25 heavy (non-hydrogen) atoms. The Morgan fingerprint density at radius 1 is 1.32 bits per heavy atom. The standard InChI is InChI=1S/C17H24N4O4/c1-12-10-21(17(23)25-12)15-9-18-14(8-19-15)7-13-3-5-20(6-4-13)16(22)11-24-2/h8-9,12-13H,3-7,10-11H2,1-2H3. The molecule has 1 aromatic heterocycles. The Morgan fingerprint density at radius 2 is 2.08 bits per heavy atom. The highest BCUT2D eigenvalue weighted by atomic mass is 16.6. The number of amides is 2. The van der Waals surface area contributed by atoms with E-state index in [0.29, 0.717) is 18.3 Å². The van der Waals surface area contributed by atoms with Crippen LogP contribution in [0.4, 0.5) is 10.6 Å². The zero-order valence-electron chi connectivity index (χ0n) is 14.7. The Bertz CT molecular complexity index is 614. The van der Waals surface area contributed by atoms with E-state index < -0.39 is 0 Å². The van der Waals surface area contributed by atoms with Gasteiger partial charge in [-0.3, -0.25) is 14.7 Å². The van der Waals surface area contributed by atoms with E-state index in [0.717, 1.165) is 38.0 Å². The quantitative estimate of drug-likeness (QED) is 0.796. The number of hydrogen-bond acceptors (Lipinski definition) is 6. The number of hydrogen-bond donors (Lipinski definition) is 0. The highest BCUT2D eigenvalue weighted by molar-refractivity contribution is 5.88. The van der Waals surface area contributed by atoms with Crippen LogP contribution in [0.25, 0.3) is 0 Å². The molecule has 136 valence electrons. The molecule has 0 radical (unpaired) electrons. The first-order chi connectivity index (χ1) is 12.1. The Hall–Kier alpha value is -2.22. The van der Waals surface area contributed by atoms with E-state index in [-0.39, 0.29) is 24.7 Å². The number of methoxy groups -OCH3 is 1. The minimum Gasteiger partial charge on any atom is -0.444 e. The second-order valence-corrected chi connectivity index (χ2v) is 6.63. The highest BCUT2D eigenvalue weighted by Gasteiger charge is 2.30. The highest BCUT2D eigenvalue weighted by Crippen LogP contribution is 2.22. The summed E-state index contributed by atoms with van der Waals surface area (Å²) in [6.45, 7) is 4.02. The second-order valence-electron chi connectivity index (χ2n) is 6.63. The van der Waals surface area contributed by atoms with Gasteiger partial charge in [0.1, 0.15) is 12.7 Å². The molecule has 0 bridgehead atoms. The third kappa shape index (κ3) is 4.25. The maximum absolute atomic E-state index is 11.8. The molecule has 1 atom stereocenters. The van der Waals surface area contributed by atoms with Crippen LogP contribution in [0.3, 0.4) is 0 Å². The third-order valence-electron chi connectivity index (χ3n) is 4.66. The number of ether oxygens (including phenoxy) is 2. The predicted octanol–water partition coefficient (Wildman–Crippen LogP) is 1.25. The number of carbonyl (C=O) groups excluding carboxylic acids is 2. The van der Waals surface area contributed by atoms with Gasteiger partial charge in [0.05, 0.1) is 24.6 Å². The molecule has 0 spiro atoms. The van der Waals surface area contributed by atoms with Crippen LogP contribution in [0.1, 0.15) is 25.5 Å². The molecule has 3 rings (SSSR count). The van der Waals surface area contributed by atoms with Crippen LogP contribution in [-0.4, -0.2) is 66.3 Å². The fourth-order valence-electron chi connectivity index (χ4n) is 3.28. The Kier molecular flexibility index (Phi) is 5.47. The van der Waals surface area contributed by atoms with Crippen LogP contribution in [0, 0.1) is 5.92 Å². The molecule has 1 unspecified atom stereocenters. The van der Waals surface area contributed by atoms with Crippen molar-refractivity contribution in [1.29, 1.82) is 0 Å². The molecular weight excluding hydrogens is 324 g/mol. The Balaban J connectivity index is 1.51. The van der Waals surface area contributed by atoms with E-state index in [1.54, 1.807) is 12.4 Å². The molecular formula is C17H24N4O4. The van der Waals surface area contributed by atoms with Crippen molar-refractivity contribution in [3.63, 3.8) is 0 Å². The summed E-state index contributed by atoms with van der Waals surface area (Å²) in [5.74, 6) is 1.07. The minimum atomic E-state index is -0.373. The molecule has 2 amide bonds. The van der Waals surface area contributed by atoms with E-state index in [4.69, 9.17) is 9.47 Å². The van der Waals surface area contributed by atoms with E-state index >= 15 is 0 Å². The summed E-state index contributed by atoms with van der Waals surface area (Å²) < 4.78 is 10.0. The van der Waals surface area contributed by atoms with Crippen LogP contribution in [0.2, 0.25) is 0 Å². The molecule has 0 saturated carbocycles. The number of rotatable bonds is 5.